The molecule has 6 rings (SSSR count). The lowest BCUT2D eigenvalue weighted by Crippen LogP contribution is -2.36. The number of pyridine rings is 1. The number of rotatable bonds is 3. The Hall–Kier alpha value is -3.35. The fraction of sp³-hybridized carbons (Fsp3) is 0.375. The summed E-state index contributed by atoms with van der Waals surface area (Å²) >= 11 is 0. The molecular formula is C24H25N7. The average Bonchev–Trinajstić information content (AvgIpc) is 3.28. The van der Waals surface area contributed by atoms with E-state index >= 15 is 0 Å². The van der Waals surface area contributed by atoms with E-state index in [1.54, 1.807) is 6.20 Å². The SMILES string of the molecule is c1cncc(-c2nc(N3CCCCC3c3nnc4n3CCCC4)c3ccccc3n2)c1. The second-order valence-corrected chi connectivity index (χ2v) is 8.42. The van der Waals surface area contributed by atoms with Crippen molar-refractivity contribution >= 4 is 16.7 Å². The van der Waals surface area contributed by atoms with Gasteiger partial charge in [0.25, 0.3) is 0 Å². The summed E-state index contributed by atoms with van der Waals surface area (Å²) < 4.78 is 2.36. The van der Waals surface area contributed by atoms with Crippen molar-refractivity contribution in [3.63, 3.8) is 0 Å². The molecule has 0 amide bonds. The summed E-state index contributed by atoms with van der Waals surface area (Å²) in [6.45, 7) is 1.98. The highest BCUT2D eigenvalue weighted by Crippen LogP contribution is 2.38. The molecule has 1 fully saturated rings. The predicted molar refractivity (Wildman–Crippen MR) is 120 cm³/mol. The first kappa shape index (κ1) is 18.4. The Morgan fingerprint density at radius 3 is 2.74 bits per heavy atom. The monoisotopic (exact) mass is 411 g/mol. The number of para-hydroxylation sites is 1. The van der Waals surface area contributed by atoms with E-state index in [9.17, 15) is 0 Å². The molecule has 156 valence electrons. The molecule has 0 bridgehead atoms. The van der Waals surface area contributed by atoms with Gasteiger partial charge in [0.2, 0.25) is 0 Å². The quantitative estimate of drug-likeness (QED) is 0.499. The summed E-state index contributed by atoms with van der Waals surface area (Å²) in [5.41, 5.74) is 1.89. The third-order valence-electron chi connectivity index (χ3n) is 6.46. The van der Waals surface area contributed by atoms with Crippen LogP contribution in [0.25, 0.3) is 22.3 Å². The average molecular weight is 412 g/mol. The van der Waals surface area contributed by atoms with Gasteiger partial charge in [0.15, 0.2) is 11.6 Å². The number of nitrogens with zero attached hydrogens (tertiary/aromatic N) is 7. The van der Waals surface area contributed by atoms with Crippen molar-refractivity contribution in [1.82, 2.24) is 29.7 Å². The molecule has 5 heterocycles. The van der Waals surface area contributed by atoms with E-state index in [0.29, 0.717) is 0 Å². The molecule has 7 heteroatoms. The molecule has 1 aromatic carbocycles. The van der Waals surface area contributed by atoms with Gasteiger partial charge in [0, 0.05) is 42.9 Å². The maximum absolute atomic E-state index is 5.08. The van der Waals surface area contributed by atoms with Gasteiger partial charge in [0.05, 0.1) is 11.6 Å². The van der Waals surface area contributed by atoms with E-state index < -0.39 is 0 Å². The minimum absolute atomic E-state index is 0.188. The zero-order valence-electron chi connectivity index (χ0n) is 17.5. The lowest BCUT2D eigenvalue weighted by atomic mass is 10.00. The fourth-order valence-corrected chi connectivity index (χ4v) is 4.93. The highest BCUT2D eigenvalue weighted by Gasteiger charge is 2.32. The van der Waals surface area contributed by atoms with Crippen molar-refractivity contribution in [2.75, 3.05) is 11.4 Å². The van der Waals surface area contributed by atoms with Crippen LogP contribution in [0.5, 0.6) is 0 Å². The molecular weight excluding hydrogens is 386 g/mol. The molecule has 1 atom stereocenters. The summed E-state index contributed by atoms with van der Waals surface area (Å²) in [7, 11) is 0. The number of hydrogen-bond donors (Lipinski definition) is 0. The first-order valence-electron chi connectivity index (χ1n) is 11.2. The van der Waals surface area contributed by atoms with Crippen LogP contribution in [0.2, 0.25) is 0 Å². The van der Waals surface area contributed by atoms with Crippen molar-refractivity contribution in [3.8, 4) is 11.4 Å². The predicted octanol–water partition coefficient (Wildman–Crippen LogP) is 4.35. The normalized spacial score (nSPS) is 18.8. The van der Waals surface area contributed by atoms with E-state index in [1.807, 2.05) is 24.4 Å². The molecule has 1 unspecified atom stereocenters. The maximum Gasteiger partial charge on any atom is 0.163 e. The van der Waals surface area contributed by atoms with Crippen LogP contribution < -0.4 is 4.90 Å². The third-order valence-corrected chi connectivity index (χ3v) is 6.46. The van der Waals surface area contributed by atoms with Gasteiger partial charge in [-0.1, -0.05) is 12.1 Å². The number of fused-ring (bicyclic) bond motifs is 2. The molecule has 0 aliphatic carbocycles. The van der Waals surface area contributed by atoms with Crippen LogP contribution in [0.15, 0.2) is 48.8 Å². The zero-order valence-corrected chi connectivity index (χ0v) is 17.5. The molecule has 0 spiro atoms. The summed E-state index contributed by atoms with van der Waals surface area (Å²) in [5.74, 6) is 3.94. The fourth-order valence-electron chi connectivity index (χ4n) is 4.93. The third kappa shape index (κ3) is 3.24. The van der Waals surface area contributed by atoms with Crippen LogP contribution in [0, 0.1) is 0 Å². The molecule has 1 saturated heterocycles. The minimum atomic E-state index is 0.188. The van der Waals surface area contributed by atoms with Crippen molar-refractivity contribution in [2.24, 2.45) is 0 Å². The Morgan fingerprint density at radius 2 is 1.81 bits per heavy atom. The second-order valence-electron chi connectivity index (χ2n) is 8.42. The lowest BCUT2D eigenvalue weighted by molar-refractivity contribution is 0.421. The summed E-state index contributed by atoms with van der Waals surface area (Å²) in [6.07, 6.45) is 10.5. The number of benzene rings is 1. The molecule has 0 radical (unpaired) electrons. The van der Waals surface area contributed by atoms with E-state index in [2.05, 4.69) is 42.8 Å². The van der Waals surface area contributed by atoms with E-state index in [1.165, 1.54) is 19.3 Å². The second kappa shape index (κ2) is 7.72. The van der Waals surface area contributed by atoms with Gasteiger partial charge < -0.3 is 9.47 Å². The van der Waals surface area contributed by atoms with Crippen LogP contribution in [0.1, 0.15) is 49.8 Å². The van der Waals surface area contributed by atoms with Crippen LogP contribution in [-0.4, -0.2) is 36.3 Å². The number of piperidine rings is 1. The van der Waals surface area contributed by atoms with Crippen molar-refractivity contribution < 1.29 is 0 Å². The molecule has 7 nitrogen and oxygen atoms in total. The van der Waals surface area contributed by atoms with Gasteiger partial charge in [-0.15, -0.1) is 10.2 Å². The van der Waals surface area contributed by atoms with Crippen molar-refractivity contribution in [1.29, 1.82) is 0 Å². The van der Waals surface area contributed by atoms with Crippen molar-refractivity contribution in [3.05, 3.63) is 60.4 Å². The van der Waals surface area contributed by atoms with Gasteiger partial charge in [-0.3, -0.25) is 4.98 Å². The topological polar surface area (TPSA) is 72.6 Å². The molecule has 3 aromatic heterocycles. The molecule has 4 aromatic rings. The van der Waals surface area contributed by atoms with E-state index in [0.717, 1.165) is 72.1 Å². The van der Waals surface area contributed by atoms with Gasteiger partial charge in [-0.05, 0) is 56.4 Å². The Labute approximate surface area is 181 Å². The highest BCUT2D eigenvalue weighted by molar-refractivity contribution is 5.91. The van der Waals surface area contributed by atoms with Crippen LogP contribution >= 0.6 is 0 Å². The maximum atomic E-state index is 5.08. The number of anilines is 1. The highest BCUT2D eigenvalue weighted by atomic mass is 15.3. The summed E-state index contributed by atoms with van der Waals surface area (Å²) in [5, 5.41) is 10.3. The standard InChI is InChI=1S/C24H25N7/c1-2-10-19-18(9-1)23(27-22(26-19)17-8-7-13-25-16-17)30-14-5-3-11-20(30)24-29-28-21-12-4-6-15-31(21)24/h1-2,7-10,13,16,20H,3-6,11-12,14-15H2. The number of hydrogen-bond acceptors (Lipinski definition) is 6. The number of aromatic nitrogens is 6. The minimum Gasteiger partial charge on any atom is -0.346 e. The van der Waals surface area contributed by atoms with Gasteiger partial charge >= 0.3 is 0 Å². The Morgan fingerprint density at radius 1 is 0.871 bits per heavy atom. The first-order valence-corrected chi connectivity index (χ1v) is 11.2. The van der Waals surface area contributed by atoms with E-state index in [4.69, 9.17) is 9.97 Å². The molecule has 0 saturated carbocycles. The zero-order chi connectivity index (χ0) is 20.6. The Bertz CT molecular complexity index is 1220. The first-order chi connectivity index (χ1) is 15.4. The lowest BCUT2D eigenvalue weighted by Gasteiger charge is -2.37. The molecule has 2 aliphatic heterocycles. The Kier molecular flexibility index (Phi) is 4.59. The largest absolute Gasteiger partial charge is 0.346 e. The molecule has 0 N–H and O–H groups in total. The smallest absolute Gasteiger partial charge is 0.163 e. The summed E-state index contributed by atoms with van der Waals surface area (Å²) in [4.78, 5) is 16.6. The molecule has 2 aliphatic rings. The van der Waals surface area contributed by atoms with Crippen LogP contribution in [0.4, 0.5) is 5.82 Å². The Balaban J connectivity index is 1.50. The summed E-state index contributed by atoms with van der Waals surface area (Å²) in [6, 6.07) is 12.4. The van der Waals surface area contributed by atoms with Gasteiger partial charge in [-0.2, -0.15) is 0 Å². The van der Waals surface area contributed by atoms with Crippen LogP contribution in [0.3, 0.4) is 0 Å². The van der Waals surface area contributed by atoms with Gasteiger partial charge in [-0.25, -0.2) is 9.97 Å². The van der Waals surface area contributed by atoms with Crippen LogP contribution in [-0.2, 0) is 13.0 Å². The number of aryl methyl sites for hydroxylation is 1. The van der Waals surface area contributed by atoms with E-state index in [-0.39, 0.29) is 6.04 Å². The molecule has 31 heavy (non-hydrogen) atoms. The van der Waals surface area contributed by atoms with Crippen molar-refractivity contribution in [2.45, 2.75) is 51.1 Å². The van der Waals surface area contributed by atoms with Gasteiger partial charge in [0.1, 0.15) is 11.6 Å².